The van der Waals surface area contributed by atoms with E-state index in [-0.39, 0.29) is 6.71 Å². The Kier molecular flexibility index (Phi) is 4.37. The van der Waals surface area contributed by atoms with Gasteiger partial charge < -0.3 is 9.80 Å². The lowest BCUT2D eigenvalue weighted by Crippen LogP contribution is -2.61. The fraction of sp³-hybridized carbons (Fsp3) is 0.0645. The summed E-state index contributed by atoms with van der Waals surface area (Å²) in [4.78, 5) is 9.55. The summed E-state index contributed by atoms with van der Waals surface area (Å²) in [6.45, 7) is 0.192. The van der Waals surface area contributed by atoms with Gasteiger partial charge in [-0.1, -0.05) is 66.7 Å². The molecule has 0 fully saturated rings. The molecule has 0 bridgehead atoms. The molecule has 0 saturated heterocycles. The number of nitrogens with zero attached hydrogens (tertiary/aromatic N) is 3. The van der Waals surface area contributed by atoms with Crippen molar-refractivity contribution < 1.29 is 0 Å². The highest BCUT2D eigenvalue weighted by Gasteiger charge is 2.41. The highest BCUT2D eigenvalue weighted by atomic mass is 15.1. The minimum Gasteiger partial charge on any atom is -0.345 e. The van der Waals surface area contributed by atoms with Gasteiger partial charge in [-0.05, 0) is 63.9 Å². The van der Waals surface area contributed by atoms with Gasteiger partial charge in [0.25, 0.3) is 6.71 Å². The summed E-state index contributed by atoms with van der Waals surface area (Å²) in [5, 5.41) is 0. The Balaban J connectivity index is 1.51. The number of fused-ring (bicyclic) bond motifs is 4. The molecule has 0 N–H and O–H groups in total. The van der Waals surface area contributed by atoms with Crippen molar-refractivity contribution in [2.24, 2.45) is 0 Å². The predicted octanol–water partition coefficient (Wildman–Crippen LogP) is 5.09. The first-order valence-electron chi connectivity index (χ1n) is 12.1. The number of hydrogen-bond donors (Lipinski definition) is 0. The molecule has 0 radical (unpaired) electrons. The van der Waals surface area contributed by atoms with E-state index in [2.05, 4.69) is 127 Å². The molecule has 3 nitrogen and oxygen atoms in total. The third kappa shape index (κ3) is 2.90. The maximum absolute atomic E-state index is 4.86. The first-order valence-corrected chi connectivity index (χ1v) is 12.1. The lowest BCUT2D eigenvalue weighted by molar-refractivity contribution is 1.18. The molecule has 1 aromatic heterocycles. The van der Waals surface area contributed by atoms with Crippen LogP contribution in [0.4, 0.5) is 22.7 Å². The van der Waals surface area contributed by atoms with Crippen LogP contribution < -0.4 is 26.2 Å². The Bertz CT molecular complexity index is 1580. The smallest absolute Gasteiger partial charge is 0.252 e. The Hall–Kier alpha value is -4.31. The first-order chi connectivity index (χ1) is 17.2. The monoisotopic (exact) mass is 449 g/mol. The molecule has 35 heavy (non-hydrogen) atoms. The van der Waals surface area contributed by atoms with Crippen molar-refractivity contribution in [1.29, 1.82) is 0 Å². The van der Waals surface area contributed by atoms with Crippen molar-refractivity contribution in [1.82, 2.24) is 4.98 Å². The van der Waals surface area contributed by atoms with Crippen molar-refractivity contribution in [3.8, 4) is 22.4 Å². The molecule has 0 spiro atoms. The van der Waals surface area contributed by atoms with E-state index in [0.717, 1.165) is 11.3 Å². The van der Waals surface area contributed by atoms with E-state index in [4.69, 9.17) is 4.98 Å². The second-order valence-corrected chi connectivity index (χ2v) is 9.36. The van der Waals surface area contributed by atoms with Gasteiger partial charge in [0.1, 0.15) is 0 Å². The molecule has 166 valence electrons. The average molecular weight is 449 g/mol. The van der Waals surface area contributed by atoms with Crippen LogP contribution in [-0.4, -0.2) is 25.8 Å². The molecule has 7 rings (SSSR count). The van der Waals surface area contributed by atoms with Gasteiger partial charge in [-0.25, -0.2) is 0 Å². The highest BCUT2D eigenvalue weighted by Crippen LogP contribution is 2.41. The van der Waals surface area contributed by atoms with Crippen LogP contribution >= 0.6 is 0 Å². The zero-order valence-corrected chi connectivity index (χ0v) is 19.8. The van der Waals surface area contributed by atoms with Crippen LogP contribution in [0.5, 0.6) is 0 Å². The largest absolute Gasteiger partial charge is 0.345 e. The van der Waals surface area contributed by atoms with Crippen LogP contribution in [-0.2, 0) is 0 Å². The van der Waals surface area contributed by atoms with Gasteiger partial charge in [-0.15, -0.1) is 0 Å². The summed E-state index contributed by atoms with van der Waals surface area (Å²) in [5.74, 6) is 0. The molecule has 0 atom stereocenters. The summed E-state index contributed by atoms with van der Waals surface area (Å²) < 4.78 is 0. The summed E-state index contributed by atoms with van der Waals surface area (Å²) in [5.41, 5.74) is 13.6. The van der Waals surface area contributed by atoms with Crippen LogP contribution in [0, 0.1) is 0 Å². The van der Waals surface area contributed by atoms with Crippen LogP contribution in [0.2, 0.25) is 0 Å². The standard InChI is InChI=1S/C31H24BN3/c1-34-27-14-8-6-12-24(27)32-25-13-7-9-15-28(25)35(2)31-23(16-17-29(34)30(31)32)26-20-22(18-19-33-26)21-10-4-3-5-11-21/h3-20H,1-2H3. The second kappa shape index (κ2) is 7.61. The zero-order chi connectivity index (χ0) is 23.5. The molecule has 4 aromatic carbocycles. The third-order valence-electron chi connectivity index (χ3n) is 7.54. The molecule has 2 aliphatic rings. The van der Waals surface area contributed by atoms with Crippen LogP contribution in [0.3, 0.4) is 0 Å². The van der Waals surface area contributed by atoms with Gasteiger partial charge in [0.05, 0.1) is 5.69 Å². The van der Waals surface area contributed by atoms with Gasteiger partial charge >= 0.3 is 0 Å². The number of benzene rings is 4. The lowest BCUT2D eigenvalue weighted by Gasteiger charge is -2.42. The number of para-hydroxylation sites is 2. The minimum atomic E-state index is 0.192. The third-order valence-corrected chi connectivity index (χ3v) is 7.54. The van der Waals surface area contributed by atoms with E-state index in [9.17, 15) is 0 Å². The van der Waals surface area contributed by atoms with Crippen molar-refractivity contribution >= 4 is 45.9 Å². The van der Waals surface area contributed by atoms with Gasteiger partial charge in [0.15, 0.2) is 0 Å². The number of rotatable bonds is 2. The Morgan fingerprint density at radius 2 is 1.26 bits per heavy atom. The van der Waals surface area contributed by atoms with Crippen LogP contribution in [0.25, 0.3) is 22.4 Å². The van der Waals surface area contributed by atoms with Gasteiger partial charge in [-0.2, -0.15) is 0 Å². The first kappa shape index (κ1) is 20.1. The molecular formula is C31H24BN3. The second-order valence-electron chi connectivity index (χ2n) is 9.36. The fourth-order valence-corrected chi connectivity index (χ4v) is 5.93. The summed E-state index contributed by atoms with van der Waals surface area (Å²) in [7, 11) is 4.37. The van der Waals surface area contributed by atoms with E-state index in [0.29, 0.717) is 0 Å². The Morgan fingerprint density at radius 3 is 2.00 bits per heavy atom. The quantitative estimate of drug-likeness (QED) is 0.350. The van der Waals surface area contributed by atoms with Crippen LogP contribution in [0.1, 0.15) is 0 Å². The van der Waals surface area contributed by atoms with Crippen molar-refractivity contribution in [3.63, 3.8) is 0 Å². The van der Waals surface area contributed by atoms with E-state index in [1.807, 2.05) is 6.20 Å². The maximum atomic E-state index is 4.86. The van der Waals surface area contributed by atoms with E-state index in [1.165, 1.54) is 50.3 Å². The normalized spacial score (nSPS) is 13.3. The molecule has 2 aliphatic heterocycles. The average Bonchev–Trinajstić information content (AvgIpc) is 2.93. The fourth-order valence-electron chi connectivity index (χ4n) is 5.93. The van der Waals surface area contributed by atoms with Gasteiger partial charge in [0, 0.05) is 48.6 Å². The molecule has 0 aliphatic carbocycles. The maximum Gasteiger partial charge on any atom is 0.252 e. The van der Waals surface area contributed by atoms with E-state index in [1.54, 1.807) is 0 Å². The molecule has 3 heterocycles. The minimum absolute atomic E-state index is 0.192. The van der Waals surface area contributed by atoms with Crippen LogP contribution in [0.15, 0.2) is 109 Å². The summed E-state index contributed by atoms with van der Waals surface area (Å²) >= 11 is 0. The molecule has 5 aromatic rings. The molecular weight excluding hydrogens is 425 g/mol. The summed E-state index contributed by atoms with van der Waals surface area (Å²) in [6, 6.07) is 37.0. The Morgan fingerprint density at radius 1 is 0.600 bits per heavy atom. The molecule has 0 saturated carbocycles. The molecule has 4 heteroatoms. The Labute approximate surface area is 206 Å². The van der Waals surface area contributed by atoms with E-state index >= 15 is 0 Å². The van der Waals surface area contributed by atoms with Gasteiger partial charge in [0.2, 0.25) is 0 Å². The van der Waals surface area contributed by atoms with Crippen molar-refractivity contribution in [3.05, 3.63) is 109 Å². The number of pyridine rings is 1. The van der Waals surface area contributed by atoms with Gasteiger partial charge in [-0.3, -0.25) is 4.98 Å². The van der Waals surface area contributed by atoms with Crippen molar-refractivity contribution in [2.75, 3.05) is 23.9 Å². The number of aromatic nitrogens is 1. The van der Waals surface area contributed by atoms with Crippen molar-refractivity contribution in [2.45, 2.75) is 0 Å². The number of hydrogen-bond acceptors (Lipinski definition) is 3. The lowest BCUT2D eigenvalue weighted by atomic mass is 9.33. The highest BCUT2D eigenvalue weighted by molar-refractivity contribution is 7.00. The zero-order valence-electron chi connectivity index (χ0n) is 19.8. The summed E-state index contributed by atoms with van der Waals surface area (Å²) in [6.07, 6.45) is 1.93. The SMILES string of the molecule is CN1c2ccccc2B2c3ccccc3N(C)c3c(-c4cc(-c5ccccc5)ccn4)ccc1c32. The molecule has 0 amide bonds. The molecule has 0 unspecified atom stereocenters. The predicted molar refractivity (Wildman–Crippen MR) is 149 cm³/mol. The number of anilines is 4. The topological polar surface area (TPSA) is 19.4 Å². The van der Waals surface area contributed by atoms with E-state index < -0.39 is 0 Å².